The molecule has 0 unspecified atom stereocenters. The van der Waals surface area contributed by atoms with Gasteiger partial charge in [-0.25, -0.2) is 0 Å². The zero-order chi connectivity index (χ0) is 13.4. The van der Waals surface area contributed by atoms with Crippen molar-refractivity contribution in [3.8, 4) is 0 Å². The minimum absolute atomic E-state index is 0.0417. The lowest BCUT2D eigenvalue weighted by atomic mass is 10.1. The zero-order valence-corrected chi connectivity index (χ0v) is 11.2. The lowest BCUT2D eigenvalue weighted by Crippen LogP contribution is -2.12. The number of benzene rings is 1. The van der Waals surface area contributed by atoms with Gasteiger partial charge in [-0.3, -0.25) is 4.79 Å². The third-order valence-corrected chi connectivity index (χ3v) is 2.76. The Morgan fingerprint density at radius 1 is 1.11 bits per heavy atom. The van der Waals surface area contributed by atoms with Gasteiger partial charge < -0.3 is 10.1 Å². The van der Waals surface area contributed by atoms with E-state index in [1.165, 1.54) is 25.3 Å². The molecule has 0 aliphatic rings. The molecular formula is C15H21NO2. The van der Waals surface area contributed by atoms with Gasteiger partial charge in [-0.15, -0.1) is 0 Å². The summed E-state index contributed by atoms with van der Waals surface area (Å²) < 4.78 is 0. The minimum Gasteiger partial charge on any atom is -0.326 e. The van der Waals surface area contributed by atoms with Crippen molar-refractivity contribution in [1.82, 2.24) is 0 Å². The van der Waals surface area contributed by atoms with Crippen LogP contribution >= 0.6 is 0 Å². The number of amides is 1. The fourth-order valence-electron chi connectivity index (χ4n) is 1.65. The van der Waals surface area contributed by atoms with E-state index in [0.29, 0.717) is 6.42 Å². The molecule has 1 rings (SSSR count). The molecule has 1 amide bonds. The highest BCUT2D eigenvalue weighted by molar-refractivity contribution is 5.93. The Hall–Kier alpha value is -1.64. The first kappa shape index (κ1) is 14.4. The van der Waals surface area contributed by atoms with Crippen LogP contribution in [0, 0.1) is 0 Å². The maximum Gasteiger partial charge on any atom is 0.224 e. The molecular weight excluding hydrogens is 226 g/mol. The Morgan fingerprint density at radius 2 is 1.78 bits per heavy atom. The van der Waals surface area contributed by atoms with Gasteiger partial charge in [-0.2, -0.15) is 0 Å². The molecule has 0 bridgehead atoms. The van der Waals surface area contributed by atoms with Crippen molar-refractivity contribution >= 4 is 17.4 Å². The predicted octanol–water partition coefficient (Wildman–Crippen LogP) is 3.34. The number of unbranched alkanes of at least 4 members (excludes halogenated alkanes) is 1. The van der Waals surface area contributed by atoms with E-state index < -0.39 is 0 Å². The SMILES string of the molecule is CCCCc1ccc(NC(=O)CCC(C)=O)cc1. The number of carbonyl (C=O) groups excluding carboxylic acids is 2. The van der Waals surface area contributed by atoms with Gasteiger partial charge in [-0.1, -0.05) is 25.5 Å². The van der Waals surface area contributed by atoms with Crippen molar-refractivity contribution in [3.05, 3.63) is 29.8 Å². The molecule has 3 heteroatoms. The van der Waals surface area contributed by atoms with Crippen LogP contribution in [0.5, 0.6) is 0 Å². The summed E-state index contributed by atoms with van der Waals surface area (Å²) in [5.41, 5.74) is 2.09. The van der Waals surface area contributed by atoms with Crippen LogP contribution in [-0.4, -0.2) is 11.7 Å². The van der Waals surface area contributed by atoms with E-state index in [-0.39, 0.29) is 18.1 Å². The fraction of sp³-hybridized carbons (Fsp3) is 0.467. The van der Waals surface area contributed by atoms with E-state index in [4.69, 9.17) is 0 Å². The summed E-state index contributed by atoms with van der Waals surface area (Å²) in [6.45, 7) is 3.67. The number of Topliss-reactive ketones (excluding diaryl/α,β-unsaturated/α-hetero) is 1. The van der Waals surface area contributed by atoms with E-state index in [9.17, 15) is 9.59 Å². The molecule has 0 aliphatic heterocycles. The minimum atomic E-state index is -0.105. The van der Waals surface area contributed by atoms with Crippen molar-refractivity contribution < 1.29 is 9.59 Å². The highest BCUT2D eigenvalue weighted by atomic mass is 16.2. The van der Waals surface area contributed by atoms with Crippen LogP contribution in [-0.2, 0) is 16.0 Å². The molecule has 0 aromatic heterocycles. The highest BCUT2D eigenvalue weighted by Gasteiger charge is 2.04. The van der Waals surface area contributed by atoms with E-state index in [0.717, 1.165) is 12.1 Å². The second-order valence-corrected chi connectivity index (χ2v) is 4.55. The van der Waals surface area contributed by atoms with E-state index >= 15 is 0 Å². The Balaban J connectivity index is 2.42. The molecule has 1 aromatic carbocycles. The molecule has 0 heterocycles. The van der Waals surface area contributed by atoms with Crippen molar-refractivity contribution in [2.24, 2.45) is 0 Å². The number of anilines is 1. The number of aryl methyl sites for hydroxylation is 1. The Bertz CT molecular complexity index is 395. The smallest absolute Gasteiger partial charge is 0.224 e. The van der Waals surface area contributed by atoms with Crippen molar-refractivity contribution in [2.45, 2.75) is 46.0 Å². The van der Waals surface area contributed by atoms with Gasteiger partial charge in [0.1, 0.15) is 5.78 Å². The van der Waals surface area contributed by atoms with Gasteiger partial charge in [0.2, 0.25) is 5.91 Å². The summed E-state index contributed by atoms with van der Waals surface area (Å²) >= 11 is 0. The van der Waals surface area contributed by atoms with Crippen LogP contribution in [0.4, 0.5) is 5.69 Å². The molecule has 1 aromatic rings. The number of carbonyl (C=O) groups is 2. The van der Waals surface area contributed by atoms with E-state index in [2.05, 4.69) is 12.2 Å². The van der Waals surface area contributed by atoms with E-state index in [1.54, 1.807) is 0 Å². The maximum atomic E-state index is 11.5. The number of nitrogens with one attached hydrogen (secondary N) is 1. The molecule has 0 spiro atoms. The van der Waals surface area contributed by atoms with Crippen LogP contribution in [0.2, 0.25) is 0 Å². The summed E-state index contributed by atoms with van der Waals surface area (Å²) in [6.07, 6.45) is 4.01. The monoisotopic (exact) mass is 247 g/mol. The molecule has 0 atom stereocenters. The largest absolute Gasteiger partial charge is 0.326 e. The van der Waals surface area contributed by atoms with Crippen LogP contribution in [0.25, 0.3) is 0 Å². The van der Waals surface area contributed by atoms with Crippen molar-refractivity contribution in [3.63, 3.8) is 0 Å². The van der Waals surface area contributed by atoms with Crippen molar-refractivity contribution in [1.29, 1.82) is 0 Å². The van der Waals surface area contributed by atoms with Gasteiger partial charge in [0, 0.05) is 18.5 Å². The lowest BCUT2D eigenvalue weighted by molar-refractivity contribution is -0.121. The van der Waals surface area contributed by atoms with Crippen molar-refractivity contribution in [2.75, 3.05) is 5.32 Å². The first-order valence-corrected chi connectivity index (χ1v) is 6.50. The highest BCUT2D eigenvalue weighted by Crippen LogP contribution is 2.12. The van der Waals surface area contributed by atoms with E-state index in [1.807, 2.05) is 24.3 Å². The van der Waals surface area contributed by atoms with Crippen LogP contribution in [0.15, 0.2) is 24.3 Å². The topological polar surface area (TPSA) is 46.2 Å². The van der Waals surface area contributed by atoms with Crippen LogP contribution in [0.3, 0.4) is 0 Å². The summed E-state index contributed by atoms with van der Waals surface area (Å²) in [5, 5.41) is 2.79. The average molecular weight is 247 g/mol. The van der Waals surface area contributed by atoms with Gasteiger partial charge in [0.15, 0.2) is 0 Å². The molecule has 0 saturated heterocycles. The molecule has 18 heavy (non-hydrogen) atoms. The van der Waals surface area contributed by atoms with Crippen LogP contribution in [0.1, 0.15) is 45.1 Å². The van der Waals surface area contributed by atoms with Gasteiger partial charge >= 0.3 is 0 Å². The summed E-state index contributed by atoms with van der Waals surface area (Å²) in [7, 11) is 0. The number of rotatable bonds is 7. The predicted molar refractivity (Wildman–Crippen MR) is 73.6 cm³/mol. The van der Waals surface area contributed by atoms with Gasteiger partial charge in [0.25, 0.3) is 0 Å². The third-order valence-electron chi connectivity index (χ3n) is 2.76. The molecule has 0 aliphatic carbocycles. The molecule has 1 N–H and O–H groups in total. The Labute approximate surface area is 109 Å². The number of ketones is 1. The molecule has 0 fully saturated rings. The lowest BCUT2D eigenvalue weighted by Gasteiger charge is -2.06. The number of hydrogen-bond acceptors (Lipinski definition) is 2. The zero-order valence-electron chi connectivity index (χ0n) is 11.2. The molecule has 3 nitrogen and oxygen atoms in total. The molecule has 0 radical (unpaired) electrons. The Morgan fingerprint density at radius 3 is 2.33 bits per heavy atom. The molecule has 98 valence electrons. The summed E-state index contributed by atoms with van der Waals surface area (Å²) in [6, 6.07) is 7.90. The van der Waals surface area contributed by atoms with Crippen LogP contribution < -0.4 is 5.32 Å². The molecule has 0 saturated carbocycles. The normalized spacial score (nSPS) is 10.1. The maximum absolute atomic E-state index is 11.5. The number of hydrogen-bond donors (Lipinski definition) is 1. The van der Waals surface area contributed by atoms with Gasteiger partial charge in [-0.05, 0) is 37.5 Å². The standard InChI is InChI=1S/C15H21NO2/c1-3-4-5-13-7-9-14(10-8-13)16-15(18)11-6-12(2)17/h7-10H,3-6,11H2,1-2H3,(H,16,18). The second-order valence-electron chi connectivity index (χ2n) is 4.55. The van der Waals surface area contributed by atoms with Gasteiger partial charge in [0.05, 0.1) is 0 Å². The summed E-state index contributed by atoms with van der Waals surface area (Å²) in [5.74, 6) is -0.0634. The first-order chi connectivity index (χ1) is 8.61. The third kappa shape index (κ3) is 5.62. The quantitative estimate of drug-likeness (QED) is 0.803. The Kier molecular flexibility index (Phi) is 6.12. The summed E-state index contributed by atoms with van der Waals surface area (Å²) in [4.78, 5) is 22.3. The first-order valence-electron chi connectivity index (χ1n) is 6.50. The average Bonchev–Trinajstić information content (AvgIpc) is 2.35. The fourth-order valence-corrected chi connectivity index (χ4v) is 1.65. The second kappa shape index (κ2) is 7.64.